The van der Waals surface area contributed by atoms with Gasteiger partial charge < -0.3 is 5.32 Å². The number of hydrogen-bond acceptors (Lipinski definition) is 3. The highest BCUT2D eigenvalue weighted by Gasteiger charge is 2.12. The maximum atomic E-state index is 11.5. The number of nitrogens with one attached hydrogen (secondary N) is 1. The molecule has 0 atom stereocenters. The van der Waals surface area contributed by atoms with E-state index in [0.29, 0.717) is 6.54 Å². The fraction of sp³-hybridized carbons (Fsp3) is 0.750. The fourth-order valence-corrected chi connectivity index (χ4v) is 1.33. The quantitative estimate of drug-likeness (QED) is 0.712. The number of hydrogen-bond donors (Lipinski definition) is 1. The lowest BCUT2D eigenvalue weighted by Gasteiger charge is -2.07. The molecule has 1 N–H and O–H groups in total. The molecule has 0 amide bonds. The van der Waals surface area contributed by atoms with Crippen molar-refractivity contribution < 1.29 is 0 Å². The molecule has 0 radical (unpaired) electrons. The standard InChI is InChI=1S/C8H16N4O/c1-6(2)12-7(5-9-3)10-11(4)8(12)13/h6,9H,5H2,1-4H3. The molecular formula is C8H16N4O. The van der Waals surface area contributed by atoms with Crippen LogP contribution in [0.1, 0.15) is 25.7 Å². The lowest BCUT2D eigenvalue weighted by atomic mass is 10.4. The van der Waals surface area contributed by atoms with Gasteiger partial charge in [-0.1, -0.05) is 0 Å². The molecule has 1 heterocycles. The van der Waals surface area contributed by atoms with Gasteiger partial charge in [-0.3, -0.25) is 4.57 Å². The molecule has 5 heteroatoms. The first-order valence-corrected chi connectivity index (χ1v) is 4.37. The second-order valence-corrected chi connectivity index (χ2v) is 3.32. The molecule has 1 aromatic heterocycles. The molecule has 1 rings (SSSR count). The van der Waals surface area contributed by atoms with Crippen molar-refractivity contribution in [3.05, 3.63) is 16.3 Å². The van der Waals surface area contributed by atoms with Gasteiger partial charge in [-0.15, -0.1) is 0 Å². The predicted octanol–water partition coefficient (Wildman–Crippen LogP) is -0.118. The monoisotopic (exact) mass is 184 g/mol. The maximum Gasteiger partial charge on any atom is 0.345 e. The SMILES string of the molecule is CNCc1nn(C)c(=O)n1C(C)C. The molecule has 1 aromatic rings. The van der Waals surface area contributed by atoms with Crippen LogP contribution in [0.25, 0.3) is 0 Å². The minimum atomic E-state index is -0.0553. The zero-order valence-electron chi connectivity index (χ0n) is 8.53. The molecule has 0 saturated carbocycles. The second-order valence-electron chi connectivity index (χ2n) is 3.32. The molecule has 0 bridgehead atoms. The summed E-state index contributed by atoms with van der Waals surface area (Å²) in [4.78, 5) is 11.5. The summed E-state index contributed by atoms with van der Waals surface area (Å²) in [6.45, 7) is 4.57. The van der Waals surface area contributed by atoms with E-state index in [2.05, 4.69) is 10.4 Å². The first-order valence-electron chi connectivity index (χ1n) is 4.37. The summed E-state index contributed by atoms with van der Waals surface area (Å²) in [5.74, 6) is 0.782. The second kappa shape index (κ2) is 3.74. The van der Waals surface area contributed by atoms with Crippen molar-refractivity contribution >= 4 is 0 Å². The third kappa shape index (κ3) is 1.80. The van der Waals surface area contributed by atoms with Gasteiger partial charge >= 0.3 is 5.69 Å². The highest BCUT2D eigenvalue weighted by Crippen LogP contribution is 2.02. The fourth-order valence-electron chi connectivity index (χ4n) is 1.33. The summed E-state index contributed by atoms with van der Waals surface area (Å²) in [6.07, 6.45) is 0. The third-order valence-corrected chi connectivity index (χ3v) is 1.88. The van der Waals surface area contributed by atoms with E-state index in [1.807, 2.05) is 20.9 Å². The van der Waals surface area contributed by atoms with E-state index < -0.39 is 0 Å². The molecule has 0 unspecified atom stereocenters. The van der Waals surface area contributed by atoms with Crippen LogP contribution in [0.2, 0.25) is 0 Å². The minimum absolute atomic E-state index is 0.0553. The Morgan fingerprint density at radius 1 is 1.54 bits per heavy atom. The highest BCUT2D eigenvalue weighted by atomic mass is 16.2. The highest BCUT2D eigenvalue weighted by molar-refractivity contribution is 4.88. The molecule has 0 saturated heterocycles. The summed E-state index contributed by atoms with van der Waals surface area (Å²) in [6, 6.07) is 0.157. The molecule has 0 fully saturated rings. The number of aromatic nitrogens is 3. The Bertz CT molecular complexity index is 336. The summed E-state index contributed by atoms with van der Waals surface area (Å²) in [5, 5.41) is 7.11. The van der Waals surface area contributed by atoms with Gasteiger partial charge in [-0.2, -0.15) is 5.10 Å². The minimum Gasteiger partial charge on any atom is -0.313 e. The molecule has 0 aliphatic heterocycles. The average molecular weight is 184 g/mol. The van der Waals surface area contributed by atoms with Crippen LogP contribution in [0.3, 0.4) is 0 Å². The third-order valence-electron chi connectivity index (χ3n) is 1.88. The van der Waals surface area contributed by atoms with Gasteiger partial charge in [0.15, 0.2) is 0 Å². The summed E-state index contributed by atoms with van der Waals surface area (Å²) in [7, 11) is 3.50. The number of aryl methyl sites for hydroxylation is 1. The van der Waals surface area contributed by atoms with Crippen LogP contribution in [0.15, 0.2) is 4.79 Å². The Balaban J connectivity index is 3.19. The van der Waals surface area contributed by atoms with Gasteiger partial charge in [0.05, 0.1) is 6.54 Å². The first-order chi connectivity index (χ1) is 6.07. The maximum absolute atomic E-state index is 11.5. The van der Waals surface area contributed by atoms with Gasteiger partial charge in [0, 0.05) is 13.1 Å². The van der Waals surface area contributed by atoms with Crippen LogP contribution in [-0.4, -0.2) is 21.4 Å². The van der Waals surface area contributed by atoms with E-state index in [-0.39, 0.29) is 11.7 Å². The Hall–Kier alpha value is -1.10. The Morgan fingerprint density at radius 2 is 2.15 bits per heavy atom. The first kappa shape index (κ1) is 9.98. The van der Waals surface area contributed by atoms with Crippen molar-refractivity contribution in [3.8, 4) is 0 Å². The van der Waals surface area contributed by atoms with Gasteiger partial charge in [-0.05, 0) is 20.9 Å². The molecule has 0 aliphatic carbocycles. The van der Waals surface area contributed by atoms with E-state index >= 15 is 0 Å². The molecule has 0 spiro atoms. The van der Waals surface area contributed by atoms with Gasteiger partial charge in [-0.25, -0.2) is 9.48 Å². The topological polar surface area (TPSA) is 51.9 Å². The van der Waals surface area contributed by atoms with Crippen LogP contribution >= 0.6 is 0 Å². The molecule has 0 aromatic carbocycles. The van der Waals surface area contributed by atoms with Crippen LogP contribution in [0, 0.1) is 0 Å². The van der Waals surface area contributed by atoms with Gasteiger partial charge in [0.1, 0.15) is 5.82 Å². The molecule has 5 nitrogen and oxygen atoms in total. The smallest absolute Gasteiger partial charge is 0.313 e. The van der Waals surface area contributed by atoms with Gasteiger partial charge in [0.25, 0.3) is 0 Å². The molecule has 0 aliphatic rings. The lowest BCUT2D eigenvalue weighted by molar-refractivity contribution is 0.537. The van der Waals surface area contributed by atoms with Crippen molar-refractivity contribution in [2.45, 2.75) is 26.4 Å². The summed E-state index contributed by atoms with van der Waals surface area (Å²) < 4.78 is 3.06. The van der Waals surface area contributed by atoms with Crippen molar-refractivity contribution in [2.75, 3.05) is 7.05 Å². The Labute approximate surface area is 77.4 Å². The van der Waals surface area contributed by atoms with Crippen LogP contribution in [0.5, 0.6) is 0 Å². The van der Waals surface area contributed by atoms with E-state index in [1.54, 1.807) is 11.6 Å². The normalized spacial score (nSPS) is 11.2. The molecular weight excluding hydrogens is 168 g/mol. The lowest BCUT2D eigenvalue weighted by Crippen LogP contribution is -2.25. The zero-order chi connectivity index (χ0) is 10.0. The van der Waals surface area contributed by atoms with Crippen LogP contribution in [-0.2, 0) is 13.6 Å². The number of nitrogens with zero attached hydrogens (tertiary/aromatic N) is 3. The summed E-state index contributed by atoms with van der Waals surface area (Å²) in [5.41, 5.74) is -0.0553. The molecule has 13 heavy (non-hydrogen) atoms. The Morgan fingerprint density at radius 3 is 2.62 bits per heavy atom. The predicted molar refractivity (Wildman–Crippen MR) is 50.6 cm³/mol. The van der Waals surface area contributed by atoms with E-state index in [4.69, 9.17) is 0 Å². The van der Waals surface area contributed by atoms with E-state index in [1.165, 1.54) is 4.68 Å². The number of rotatable bonds is 3. The van der Waals surface area contributed by atoms with Crippen molar-refractivity contribution in [1.82, 2.24) is 19.7 Å². The zero-order valence-corrected chi connectivity index (χ0v) is 8.53. The van der Waals surface area contributed by atoms with Crippen molar-refractivity contribution in [2.24, 2.45) is 7.05 Å². The largest absolute Gasteiger partial charge is 0.345 e. The van der Waals surface area contributed by atoms with Crippen LogP contribution in [0.4, 0.5) is 0 Å². The average Bonchev–Trinajstić information content (AvgIpc) is 2.28. The van der Waals surface area contributed by atoms with Crippen molar-refractivity contribution in [3.63, 3.8) is 0 Å². The van der Waals surface area contributed by atoms with Crippen molar-refractivity contribution in [1.29, 1.82) is 0 Å². The van der Waals surface area contributed by atoms with E-state index in [9.17, 15) is 4.79 Å². The molecule has 74 valence electrons. The van der Waals surface area contributed by atoms with E-state index in [0.717, 1.165) is 5.82 Å². The summed E-state index contributed by atoms with van der Waals surface area (Å²) >= 11 is 0. The van der Waals surface area contributed by atoms with Gasteiger partial charge in [0.2, 0.25) is 0 Å². The Kier molecular flexibility index (Phi) is 2.87. The van der Waals surface area contributed by atoms with Crippen LogP contribution < -0.4 is 11.0 Å².